The van der Waals surface area contributed by atoms with Crippen molar-refractivity contribution in [3.63, 3.8) is 0 Å². The fourth-order valence-electron chi connectivity index (χ4n) is 2.99. The van der Waals surface area contributed by atoms with E-state index in [2.05, 4.69) is 0 Å². The second-order valence-electron chi connectivity index (χ2n) is 5.71. The lowest BCUT2D eigenvalue weighted by molar-refractivity contribution is -0.498. The van der Waals surface area contributed by atoms with Crippen molar-refractivity contribution in [2.75, 3.05) is 27.7 Å². The maximum absolute atomic E-state index is 10.2. The highest BCUT2D eigenvalue weighted by molar-refractivity contribution is 6.00. The first-order valence-corrected chi connectivity index (χ1v) is 7.64. The lowest BCUT2D eigenvalue weighted by Gasteiger charge is -2.18. The van der Waals surface area contributed by atoms with Gasteiger partial charge in [-0.25, -0.2) is 4.58 Å². The van der Waals surface area contributed by atoms with Gasteiger partial charge in [0.15, 0.2) is 28.7 Å². The largest absolute Gasteiger partial charge is 1.00 e. The molecule has 0 fully saturated rings. The van der Waals surface area contributed by atoms with Gasteiger partial charge in [0.25, 0.3) is 0 Å². The molecule has 1 aliphatic heterocycles. The summed E-state index contributed by atoms with van der Waals surface area (Å²) < 4.78 is 35.3. The van der Waals surface area contributed by atoms with Crippen LogP contribution in [-0.2, 0) is 12.8 Å². The van der Waals surface area contributed by atoms with Crippen molar-refractivity contribution in [1.29, 1.82) is 0 Å². The molecular formula is C19H22INO4. The normalized spacial score (nSPS) is 15.4. The maximum Gasteiger partial charge on any atom is 0.187 e. The van der Waals surface area contributed by atoms with E-state index in [-0.39, 0.29) is 41.9 Å². The average molecular weight is 458 g/mol. The molecule has 0 aromatic heterocycles. The molecule has 6 heteroatoms. The van der Waals surface area contributed by atoms with Crippen molar-refractivity contribution in [3.8, 4) is 23.0 Å². The number of aromatic hydroxyl groups is 2. The zero-order valence-corrected chi connectivity index (χ0v) is 16.2. The molecule has 134 valence electrons. The number of fused-ring (bicyclic) bond motifs is 1. The van der Waals surface area contributed by atoms with Crippen molar-refractivity contribution in [3.05, 3.63) is 47.0 Å². The summed E-state index contributed by atoms with van der Waals surface area (Å²) in [6, 6.07) is 8.26. The van der Waals surface area contributed by atoms with E-state index >= 15 is 0 Å². The van der Waals surface area contributed by atoms with Crippen molar-refractivity contribution in [2.45, 2.75) is 12.8 Å². The molecule has 2 aromatic carbocycles. The molecular weight excluding hydrogens is 433 g/mol. The summed E-state index contributed by atoms with van der Waals surface area (Å²) in [5, 5.41) is 20.2. The number of hydrogen-bond donors (Lipinski definition) is 2. The van der Waals surface area contributed by atoms with Crippen LogP contribution in [0.3, 0.4) is 0 Å². The molecule has 2 aromatic rings. The lowest BCUT2D eigenvalue weighted by Crippen LogP contribution is -3.00. The first-order chi connectivity index (χ1) is 12.7. The predicted octanol–water partition coefficient (Wildman–Crippen LogP) is -0.651. The van der Waals surface area contributed by atoms with Gasteiger partial charge in [0.1, 0.15) is 13.5 Å². The Labute approximate surface area is 168 Å². The highest BCUT2D eigenvalue weighted by Crippen LogP contribution is 2.32. The monoisotopic (exact) mass is 458 g/mol. The molecule has 5 nitrogen and oxygen atoms in total. The molecule has 3 rings (SSSR count). The Bertz CT molecular complexity index is 913. The number of nitrogens with zero attached hydrogens (tertiary/aromatic N) is 1. The van der Waals surface area contributed by atoms with E-state index in [4.69, 9.17) is 13.6 Å². The predicted molar refractivity (Wildman–Crippen MR) is 91.9 cm³/mol. The molecule has 0 aliphatic carbocycles. The van der Waals surface area contributed by atoms with Crippen LogP contribution in [0, 0.1) is 0 Å². The first-order valence-electron chi connectivity index (χ1n) is 9.14. The molecule has 0 saturated carbocycles. The fourth-order valence-corrected chi connectivity index (χ4v) is 2.99. The summed E-state index contributed by atoms with van der Waals surface area (Å²) >= 11 is 0. The van der Waals surface area contributed by atoms with Crippen molar-refractivity contribution in [1.82, 2.24) is 0 Å². The summed E-state index contributed by atoms with van der Waals surface area (Å²) in [4.78, 5) is 0. The molecule has 1 heterocycles. The second kappa shape index (κ2) is 7.95. The van der Waals surface area contributed by atoms with Crippen LogP contribution >= 0.6 is 0 Å². The minimum Gasteiger partial charge on any atom is -1.00 e. The fraction of sp³-hybridized carbons (Fsp3) is 0.316. The molecule has 0 bridgehead atoms. The van der Waals surface area contributed by atoms with Gasteiger partial charge < -0.3 is 43.7 Å². The van der Waals surface area contributed by atoms with Crippen LogP contribution < -0.4 is 33.5 Å². The standard InChI is InChI=1S/C19H21NO4.HI/c1-20-7-6-13-10-19(24-3)17(22)11-14(13)15(20)8-12-4-5-18(23-2)16(21)9-12;/h4-5,9-11H,6-8H2,1-3H3,(H-,21,22);1H/i1D3;. The number of rotatable bonds is 4. The quantitative estimate of drug-likeness (QED) is 0.473. The number of halogens is 1. The van der Waals surface area contributed by atoms with Gasteiger partial charge in [-0.05, 0) is 35.4 Å². The van der Waals surface area contributed by atoms with Gasteiger partial charge in [0.2, 0.25) is 0 Å². The van der Waals surface area contributed by atoms with E-state index in [0.29, 0.717) is 35.7 Å². The van der Waals surface area contributed by atoms with Gasteiger partial charge in [-0.3, -0.25) is 0 Å². The van der Waals surface area contributed by atoms with Crippen molar-refractivity contribution in [2.24, 2.45) is 0 Å². The van der Waals surface area contributed by atoms with Crippen molar-refractivity contribution < 1.29 is 52.4 Å². The second-order valence-corrected chi connectivity index (χ2v) is 5.71. The topological polar surface area (TPSA) is 61.9 Å². The molecule has 0 unspecified atom stereocenters. The highest BCUT2D eigenvalue weighted by Gasteiger charge is 2.25. The van der Waals surface area contributed by atoms with Crippen LogP contribution in [0.15, 0.2) is 30.3 Å². The van der Waals surface area contributed by atoms with E-state index < -0.39 is 6.98 Å². The molecule has 0 spiro atoms. The number of phenols is 2. The summed E-state index contributed by atoms with van der Waals surface area (Å²) in [7, 11) is 2.94. The van der Waals surface area contributed by atoms with E-state index in [1.165, 1.54) is 18.8 Å². The number of methoxy groups -OCH3 is 2. The third-order valence-electron chi connectivity index (χ3n) is 4.26. The Morgan fingerprint density at radius 1 is 1.08 bits per heavy atom. The third-order valence-corrected chi connectivity index (χ3v) is 4.26. The number of ether oxygens (including phenoxy) is 2. The van der Waals surface area contributed by atoms with Gasteiger partial charge in [0.05, 0.1) is 24.8 Å². The molecule has 2 N–H and O–H groups in total. The van der Waals surface area contributed by atoms with Crippen LogP contribution in [0.25, 0.3) is 0 Å². The minimum atomic E-state index is -2.31. The molecule has 0 radical (unpaired) electrons. The summed E-state index contributed by atoms with van der Waals surface area (Å²) in [6.07, 6.45) is 0.816. The Morgan fingerprint density at radius 3 is 2.44 bits per heavy atom. The van der Waals surface area contributed by atoms with Crippen LogP contribution in [0.2, 0.25) is 0 Å². The molecule has 1 aliphatic rings. The molecule has 25 heavy (non-hydrogen) atoms. The zero-order valence-electron chi connectivity index (χ0n) is 17.0. The average Bonchev–Trinajstić information content (AvgIpc) is 2.61. The van der Waals surface area contributed by atoms with E-state index in [9.17, 15) is 10.2 Å². The smallest absolute Gasteiger partial charge is 0.187 e. The van der Waals surface area contributed by atoms with Gasteiger partial charge in [-0.2, -0.15) is 0 Å². The third kappa shape index (κ3) is 3.84. The molecule has 0 saturated heterocycles. The van der Waals surface area contributed by atoms with Gasteiger partial charge in [0, 0.05) is 12.0 Å². The van der Waals surface area contributed by atoms with Gasteiger partial charge in [-0.1, -0.05) is 6.07 Å². The van der Waals surface area contributed by atoms with Crippen LogP contribution in [0.1, 0.15) is 20.8 Å². The van der Waals surface area contributed by atoms with Crippen LogP contribution in [0.4, 0.5) is 0 Å². The van der Waals surface area contributed by atoms with Gasteiger partial charge in [-0.15, -0.1) is 0 Å². The Balaban J connectivity index is 0.00000280. The van der Waals surface area contributed by atoms with E-state index in [0.717, 1.165) is 11.1 Å². The molecule has 0 amide bonds. The minimum absolute atomic E-state index is 0. The highest BCUT2D eigenvalue weighted by atomic mass is 127. The maximum atomic E-state index is 10.2. The molecule has 0 atom stereocenters. The lowest BCUT2D eigenvalue weighted by atomic mass is 9.92. The Kier molecular flexibility index (Phi) is 4.87. The number of benzene rings is 2. The summed E-state index contributed by atoms with van der Waals surface area (Å²) in [6.45, 7) is -1.98. The summed E-state index contributed by atoms with van der Waals surface area (Å²) in [5.41, 5.74) is 2.89. The van der Waals surface area contributed by atoms with Crippen LogP contribution in [0.5, 0.6) is 23.0 Å². The number of likely N-dealkylation sites (N-methyl/N-ethyl adjacent to an activating group) is 1. The van der Waals surface area contributed by atoms with E-state index in [1.54, 1.807) is 30.3 Å². The Hall–Kier alpha value is -1.96. The van der Waals surface area contributed by atoms with E-state index in [1.807, 2.05) is 0 Å². The zero-order chi connectivity index (χ0) is 19.8. The number of phenolic OH excluding ortho intramolecular Hbond substituents is 2. The van der Waals surface area contributed by atoms with Gasteiger partial charge >= 0.3 is 0 Å². The van der Waals surface area contributed by atoms with Crippen LogP contribution in [-0.4, -0.2) is 48.2 Å². The Morgan fingerprint density at radius 2 is 1.80 bits per heavy atom. The summed E-state index contributed by atoms with van der Waals surface area (Å²) in [5.74, 6) is 0.656. The first kappa shape index (κ1) is 15.3. The van der Waals surface area contributed by atoms with Crippen molar-refractivity contribution >= 4 is 5.71 Å². The SMILES string of the molecule is [2H]C([2H])([2H])[N+]1=C(Cc2ccc(OC)c(O)c2)c2cc(O)c(OC)cc2CC1.[I-]. The number of hydrogen-bond acceptors (Lipinski definition) is 4.